The van der Waals surface area contributed by atoms with Gasteiger partial charge in [0.1, 0.15) is 27.0 Å². The van der Waals surface area contributed by atoms with Gasteiger partial charge in [-0.05, 0) is 0 Å². The summed E-state index contributed by atoms with van der Waals surface area (Å²) in [4.78, 5) is 29.9. The second-order valence-electron chi connectivity index (χ2n) is 3.72. The van der Waals surface area contributed by atoms with E-state index >= 15 is 0 Å². The fourth-order valence-electron chi connectivity index (χ4n) is 1.25. The zero-order chi connectivity index (χ0) is 19.9. The van der Waals surface area contributed by atoms with Crippen molar-refractivity contribution in [1.29, 1.82) is 0 Å². The predicted octanol–water partition coefficient (Wildman–Crippen LogP) is -3.61. The number of aromatic nitrogens is 6. The molecule has 0 saturated heterocycles. The van der Waals surface area contributed by atoms with Gasteiger partial charge in [-0.15, -0.1) is 0 Å². The molecule has 144 valence electrons. The first kappa shape index (κ1) is 22.4. The number of nitrogens with one attached hydrogen (secondary N) is 3. The van der Waals surface area contributed by atoms with Crippen LogP contribution in [0.4, 0.5) is 35.7 Å². The summed E-state index contributed by atoms with van der Waals surface area (Å²) < 4.78 is 0. The molecule has 0 unspecified atom stereocenters. The van der Waals surface area contributed by atoms with Crippen LogP contribution in [0.2, 0.25) is 0 Å². The van der Waals surface area contributed by atoms with Crippen molar-refractivity contribution >= 4 is 42.5 Å². The van der Waals surface area contributed by atoms with Crippen molar-refractivity contribution in [3.63, 3.8) is 0 Å². The van der Waals surface area contributed by atoms with E-state index in [2.05, 4.69) is 45.9 Å². The number of nitrogens with two attached hydrogens (primary N) is 3. The van der Waals surface area contributed by atoms with Crippen LogP contribution < -0.4 is 33.2 Å². The maximum Gasteiger partial charge on any atom is 0.231 e. The first-order valence-electron chi connectivity index (χ1n) is 6.60. The van der Waals surface area contributed by atoms with E-state index in [9.17, 15) is 0 Å². The number of hydrogen-bond donors (Lipinski definition) is 9. The Bertz CT molecular complexity index is 549. The third-order valence-corrected chi connectivity index (χ3v) is 2.03. The molecule has 26 heavy (non-hydrogen) atoms. The third kappa shape index (κ3) is 8.86. The van der Waals surface area contributed by atoms with Crippen LogP contribution in [0.1, 0.15) is 0 Å². The number of hydrogen-bond acceptors (Lipinski definition) is 16. The van der Waals surface area contributed by atoms with Crippen molar-refractivity contribution in [2.24, 2.45) is 0 Å². The van der Waals surface area contributed by atoms with Crippen molar-refractivity contribution in [3.8, 4) is 0 Å². The smallest absolute Gasteiger partial charge is 0.231 e. The monoisotopic (exact) mass is 372 g/mol. The molecule has 0 fully saturated rings. The first-order chi connectivity index (χ1) is 12.5. The van der Waals surface area contributed by atoms with Crippen molar-refractivity contribution in [3.05, 3.63) is 0 Å². The number of nitrogens with zero attached hydrogens (tertiary/aromatic N) is 6. The van der Waals surface area contributed by atoms with E-state index in [1.165, 1.54) is 0 Å². The lowest BCUT2D eigenvalue weighted by molar-refractivity contribution is -0.0980. The predicted molar refractivity (Wildman–Crippen MR) is 92.1 cm³/mol. The van der Waals surface area contributed by atoms with Gasteiger partial charge < -0.3 is 53.3 Å². The number of carbonyl (C=O) groups excluding carboxylic acids is 1. The fraction of sp³-hybridized carbons (Fsp3) is 0.300. The number of nitrogen functional groups attached to an aromatic ring is 3. The van der Waals surface area contributed by atoms with Gasteiger partial charge in [0, 0.05) is 0 Å². The van der Waals surface area contributed by atoms with E-state index in [4.69, 9.17) is 37.3 Å². The summed E-state index contributed by atoms with van der Waals surface area (Å²) >= 11 is 0. The lowest BCUT2D eigenvalue weighted by Crippen LogP contribution is -2.13. The van der Waals surface area contributed by atoms with Crippen LogP contribution in [-0.4, -0.2) is 72.2 Å². The summed E-state index contributed by atoms with van der Waals surface area (Å²) in [6.45, 7) is 1.00. The molecule has 0 aliphatic rings. The normalized spacial score (nSPS) is 9.04. The van der Waals surface area contributed by atoms with Gasteiger partial charge in [0.2, 0.25) is 35.7 Å². The highest BCUT2D eigenvalue weighted by Gasteiger charge is 2.04. The Labute approximate surface area is 146 Å². The second kappa shape index (κ2) is 12.8. The minimum Gasteiger partial charge on any atom is -0.376 e. The number of aliphatic hydroxyl groups is 3. The largest absolute Gasteiger partial charge is 0.376 e. The van der Waals surface area contributed by atoms with Gasteiger partial charge in [-0.2, -0.15) is 29.9 Å². The molecule has 0 saturated carbocycles. The Balaban J connectivity index is 0.000000484. The van der Waals surface area contributed by atoms with Gasteiger partial charge in [0.15, 0.2) is 0 Å². The Morgan fingerprint density at radius 1 is 0.615 bits per heavy atom. The number of rotatable bonds is 6. The van der Waals surface area contributed by atoms with E-state index in [0.29, 0.717) is 0 Å². The van der Waals surface area contributed by atoms with Crippen LogP contribution in [-0.2, 0) is 4.79 Å². The summed E-state index contributed by atoms with van der Waals surface area (Å²) in [5.74, 6) is 0.498. The van der Waals surface area contributed by atoms with Crippen LogP contribution in [0.15, 0.2) is 0 Å². The van der Waals surface area contributed by atoms with Crippen molar-refractivity contribution < 1.29 is 20.1 Å². The van der Waals surface area contributed by atoms with Gasteiger partial charge in [-0.3, -0.25) is 0 Å². The second-order valence-corrected chi connectivity index (χ2v) is 3.72. The van der Waals surface area contributed by atoms with Crippen LogP contribution in [0.5, 0.6) is 0 Å². The summed E-state index contributed by atoms with van der Waals surface area (Å²) in [7, 11) is 0. The molecule has 16 heteroatoms. The molecule has 0 bridgehead atoms. The summed E-state index contributed by atoms with van der Waals surface area (Å²) in [5.41, 5.74) is 15.4. The van der Waals surface area contributed by atoms with Crippen LogP contribution >= 0.6 is 0 Å². The van der Waals surface area contributed by atoms with E-state index in [0.717, 1.165) is 0 Å². The fourth-order valence-corrected chi connectivity index (χ4v) is 1.25. The Morgan fingerprint density at radius 2 is 0.846 bits per heavy atom. The van der Waals surface area contributed by atoms with Crippen LogP contribution in [0, 0.1) is 0 Å². The molecule has 12 N–H and O–H groups in total. The lowest BCUT2D eigenvalue weighted by Gasteiger charge is -2.07. The summed E-state index contributed by atoms with van der Waals surface area (Å²) in [6, 6.07) is 0. The number of anilines is 6. The van der Waals surface area contributed by atoms with Crippen molar-refractivity contribution in [2.45, 2.75) is 0 Å². The molecule has 0 atom stereocenters. The molecule has 0 amide bonds. The molecule has 2 rings (SSSR count). The highest BCUT2D eigenvalue weighted by Crippen LogP contribution is 2.08. The quantitative estimate of drug-likeness (QED) is 0.221. The summed E-state index contributed by atoms with van der Waals surface area (Å²) in [6.07, 6.45) is 0. The molecule has 0 aromatic carbocycles. The van der Waals surface area contributed by atoms with Gasteiger partial charge in [0.25, 0.3) is 0 Å². The van der Waals surface area contributed by atoms with E-state index in [1.54, 1.807) is 0 Å². The summed E-state index contributed by atoms with van der Waals surface area (Å²) in [5, 5.41) is 33.2. The molecule has 0 radical (unpaired) electrons. The Kier molecular flexibility index (Phi) is 11.0. The zero-order valence-electron chi connectivity index (χ0n) is 13.5. The maximum absolute atomic E-state index is 8.61. The first-order valence-corrected chi connectivity index (χ1v) is 6.60. The average Bonchev–Trinajstić information content (AvgIpc) is 2.57. The molecule has 16 nitrogen and oxygen atoms in total. The van der Waals surface area contributed by atoms with Gasteiger partial charge in [-0.25, -0.2) is 0 Å². The van der Waals surface area contributed by atoms with E-state index in [-0.39, 0.29) is 55.9 Å². The highest BCUT2D eigenvalue weighted by atomic mass is 16.3. The minimum absolute atomic E-state index is 0.0417. The van der Waals surface area contributed by atoms with Gasteiger partial charge in [-0.1, -0.05) is 0 Å². The van der Waals surface area contributed by atoms with Crippen molar-refractivity contribution in [1.82, 2.24) is 29.9 Å². The van der Waals surface area contributed by atoms with Gasteiger partial charge >= 0.3 is 0 Å². The molecule has 0 spiro atoms. The van der Waals surface area contributed by atoms with Crippen LogP contribution in [0.3, 0.4) is 0 Å². The third-order valence-electron chi connectivity index (χ3n) is 2.03. The highest BCUT2D eigenvalue weighted by molar-refractivity contribution is 5.41. The average molecular weight is 372 g/mol. The molecular weight excluding hydrogens is 352 g/mol. The minimum atomic E-state index is -0.332. The van der Waals surface area contributed by atoms with E-state index < -0.39 is 0 Å². The molecule has 2 heterocycles. The molecule has 2 aromatic heterocycles. The lowest BCUT2D eigenvalue weighted by atomic mass is 10.8. The topological polar surface area (TPSA) is 269 Å². The number of carbonyl (C=O) groups is 1. The van der Waals surface area contributed by atoms with Crippen molar-refractivity contribution in [2.75, 3.05) is 53.3 Å². The Hall–Kier alpha value is -3.63. The molecule has 0 aliphatic heterocycles. The SMILES string of the molecule is C=O.Nc1nc(N)nc(N)n1.OCNc1nc(NCO)nc(NCO)n1. The zero-order valence-corrected chi connectivity index (χ0v) is 13.5. The molecule has 2 aromatic rings. The van der Waals surface area contributed by atoms with E-state index in [1.807, 2.05) is 6.79 Å². The van der Waals surface area contributed by atoms with Crippen LogP contribution in [0.25, 0.3) is 0 Å². The number of aliphatic hydroxyl groups excluding tert-OH is 3. The Morgan fingerprint density at radius 3 is 1.04 bits per heavy atom. The maximum atomic E-state index is 8.61. The molecular formula is C10H20N12O4. The standard InChI is InChI=1S/C6H12N6O3.C3H6N6.CH2O/c13-1-7-4-10-5(8-2-14)12-6(11-4)9-3-15;4-1-7-2(5)9-3(6)8-1;1-2/h13-15H,1-3H2,(H3,7,8,9,10,11,12);(H6,4,5,6,7,8,9);1H2. The molecule has 0 aliphatic carbocycles. The van der Waals surface area contributed by atoms with Gasteiger partial charge in [0.05, 0.1) is 0 Å².